The smallest absolute Gasteiger partial charge is 0.148 e. The summed E-state index contributed by atoms with van der Waals surface area (Å²) < 4.78 is 148. The molecule has 0 atom stereocenters. The molecule has 2 aromatic heterocycles. The predicted molar refractivity (Wildman–Crippen MR) is 247 cm³/mol. The average molecular weight is 985 g/mol. The maximum atomic E-state index is 12.1. The van der Waals surface area contributed by atoms with E-state index in [0.717, 1.165) is 5.56 Å². The Morgan fingerprint density at radius 1 is 0.650 bits per heavy atom. The van der Waals surface area contributed by atoms with Crippen molar-refractivity contribution in [3.8, 4) is 67.5 Å². The number of aryl methyl sites for hydroxylation is 1. The summed E-state index contributed by atoms with van der Waals surface area (Å²) in [6.07, 6.45) is -0.615. The van der Waals surface area contributed by atoms with Gasteiger partial charge in [0.05, 0.1) is 33.3 Å². The van der Waals surface area contributed by atoms with E-state index in [4.69, 9.17) is 26.9 Å². The second-order valence-corrected chi connectivity index (χ2v) is 16.9. The molecule has 0 aliphatic rings. The van der Waals surface area contributed by atoms with Gasteiger partial charge in [-0.2, -0.15) is 0 Å². The molecule has 0 spiro atoms. The van der Waals surface area contributed by atoms with E-state index in [1.807, 2.05) is 59.7 Å². The molecule has 0 amide bonds. The fourth-order valence-corrected chi connectivity index (χ4v) is 7.16. The fraction of sp³-hybridized carbons (Fsp3) is 0.236. The molecular weight excluding hydrogens is 914 g/mol. The van der Waals surface area contributed by atoms with Crippen LogP contribution in [0.1, 0.15) is 108 Å². The van der Waals surface area contributed by atoms with Gasteiger partial charge in [-0.25, -0.2) is 4.98 Å². The van der Waals surface area contributed by atoms with Crippen molar-refractivity contribution >= 4 is 11.0 Å². The van der Waals surface area contributed by atoms with Crippen molar-refractivity contribution < 1.29 is 49.5 Å². The van der Waals surface area contributed by atoms with Crippen molar-refractivity contribution in [1.29, 1.82) is 0 Å². The molecule has 8 aromatic rings. The summed E-state index contributed by atoms with van der Waals surface area (Å²) in [6, 6.07) is 24.2. The van der Waals surface area contributed by atoms with E-state index < -0.39 is 96.4 Å². The first kappa shape index (κ1) is 25.9. The number of aromatic nitrogens is 3. The monoisotopic (exact) mass is 984 g/mol. The molecule has 8 rings (SSSR count). The molecule has 60 heavy (non-hydrogen) atoms. The summed E-state index contributed by atoms with van der Waals surface area (Å²) in [5.74, 6) is 0.0926. The zero-order valence-electron chi connectivity index (χ0n) is 51.3. The molecule has 4 nitrogen and oxygen atoms in total. The average Bonchev–Trinajstić information content (AvgIpc) is 3.73. The Balaban J connectivity index is 0.00000861. The van der Waals surface area contributed by atoms with Gasteiger partial charge < -0.3 is 5.11 Å². The first-order valence-electron chi connectivity index (χ1n) is 27.7. The van der Waals surface area contributed by atoms with E-state index in [2.05, 4.69) is 11.1 Å². The van der Waals surface area contributed by atoms with Gasteiger partial charge in [0.2, 0.25) is 0 Å². The van der Waals surface area contributed by atoms with Crippen LogP contribution in [0.25, 0.3) is 72.7 Å². The quantitative estimate of drug-likeness (QED) is 0.169. The summed E-state index contributed by atoms with van der Waals surface area (Å²) in [4.78, 5) is 9.71. The Morgan fingerprint density at radius 2 is 1.33 bits per heavy atom. The Hall–Kier alpha value is -5.57. The number of rotatable bonds is 6. The predicted octanol–water partition coefficient (Wildman–Crippen LogP) is 14.5. The van der Waals surface area contributed by atoms with Crippen molar-refractivity contribution in [3.05, 3.63) is 168 Å². The van der Waals surface area contributed by atoms with E-state index in [1.54, 1.807) is 66.1 Å². The molecule has 306 valence electrons. The van der Waals surface area contributed by atoms with Crippen molar-refractivity contribution in [1.82, 2.24) is 14.5 Å². The number of imidazole rings is 1. The van der Waals surface area contributed by atoms with Crippen molar-refractivity contribution in [2.45, 2.75) is 85.3 Å². The number of hydrogen-bond donors (Lipinski definition) is 1. The summed E-state index contributed by atoms with van der Waals surface area (Å²) in [6.45, 7) is 3.02. The van der Waals surface area contributed by atoms with Gasteiger partial charge in [-0.05, 0) is 86.9 Å². The zero-order chi connectivity index (χ0) is 56.3. The van der Waals surface area contributed by atoms with Crippen LogP contribution in [-0.4, -0.2) is 19.6 Å². The Morgan fingerprint density at radius 3 is 2.03 bits per heavy atom. The molecule has 0 bridgehead atoms. The third-order valence-corrected chi connectivity index (χ3v) is 10.5. The van der Waals surface area contributed by atoms with Crippen LogP contribution in [0.4, 0.5) is 0 Å². The molecule has 0 radical (unpaired) electrons. The molecule has 0 saturated carbocycles. The number of phenolic OH excluding ortho intramolecular Hbond substituents is 1. The molecule has 2 heterocycles. The molecule has 0 fully saturated rings. The van der Waals surface area contributed by atoms with Crippen molar-refractivity contribution in [2.75, 3.05) is 0 Å². The van der Waals surface area contributed by atoms with Crippen LogP contribution in [-0.2, 0) is 37.3 Å². The number of fused-ring (bicyclic) bond motifs is 1. The van der Waals surface area contributed by atoms with Crippen LogP contribution in [0, 0.1) is 13.0 Å². The topological polar surface area (TPSA) is 50.9 Å². The van der Waals surface area contributed by atoms with Gasteiger partial charge >= 0.3 is 0 Å². The zero-order valence-corrected chi connectivity index (χ0v) is 36.5. The number of phenols is 1. The van der Waals surface area contributed by atoms with Crippen LogP contribution in [0.3, 0.4) is 0 Å². The van der Waals surface area contributed by atoms with Gasteiger partial charge in [-0.1, -0.05) is 164 Å². The summed E-state index contributed by atoms with van der Waals surface area (Å²) in [5.41, 5.74) is -0.557. The van der Waals surface area contributed by atoms with Crippen LogP contribution in [0.2, 0.25) is 0 Å². The van der Waals surface area contributed by atoms with Crippen LogP contribution < -0.4 is 0 Å². The Labute approximate surface area is 394 Å². The van der Waals surface area contributed by atoms with E-state index in [-0.39, 0.29) is 55.0 Å². The van der Waals surface area contributed by atoms with Crippen molar-refractivity contribution in [3.63, 3.8) is 0 Å². The minimum atomic E-state index is -3.56. The fourth-order valence-electron chi connectivity index (χ4n) is 7.16. The second-order valence-electron chi connectivity index (χ2n) is 16.9. The minimum absolute atomic E-state index is 0. The van der Waals surface area contributed by atoms with Gasteiger partial charge in [0.25, 0.3) is 0 Å². The maximum Gasteiger partial charge on any atom is 0.148 e. The van der Waals surface area contributed by atoms with Crippen molar-refractivity contribution in [2.24, 2.45) is 0 Å². The van der Waals surface area contributed by atoms with Crippen LogP contribution >= 0.6 is 0 Å². The molecule has 1 N–H and O–H groups in total. The SMILES string of the molecule is [2H]c1nc(-c2[c-]c(-c3cccc4c3nc(-c3cc(C(C)(C)C)cc(C)c3O)n4-c3ccc(C(C([2H])([2H])[2H])(C([2H])([2H])[2H])C([2H])([2H])[2H])cc3-c3ccccc3)cc(C(C)(C)C)c2)c([2H])c(-c2c([2H])c([2H])c([2H])c([2H])c2[2H])c1[2H].[Pt]. The summed E-state index contributed by atoms with van der Waals surface area (Å²) >= 11 is 0. The third kappa shape index (κ3) is 8.28. The summed E-state index contributed by atoms with van der Waals surface area (Å²) in [7, 11) is 0. The standard InChI is InChI=1S/C55H54N3O.Pt/c1-35-28-42(54(5,6)7)34-46(51(35)59)52-57-50-44(22-17-23-49(50)58(52)48-25-24-41(53(2,3)4)33-45(48)37-20-15-12-16-21-37)39-29-40(31-43(30-39)55(8,9)10)47-32-38(26-27-56-47)36-18-13-11-14-19-36;/h11-28,30-34,59H,1-10H3;/q-1;/i2D3,3D3,4D3,11D,13D,14D,18D,19D,26D,27D,32D;. The normalized spacial score (nSPS) is 16.8. The number of para-hydroxylation sites is 1. The van der Waals surface area contributed by atoms with Crippen LogP contribution in [0.5, 0.6) is 5.75 Å². The van der Waals surface area contributed by atoms with Gasteiger partial charge in [0.15, 0.2) is 0 Å². The third-order valence-electron chi connectivity index (χ3n) is 10.5. The summed E-state index contributed by atoms with van der Waals surface area (Å²) in [5, 5.41) is 12.1. The largest absolute Gasteiger partial charge is 0.507 e. The molecule has 0 aliphatic carbocycles. The molecule has 5 heteroatoms. The molecule has 0 saturated heterocycles. The molecule has 0 aliphatic heterocycles. The minimum Gasteiger partial charge on any atom is -0.507 e. The van der Waals surface area contributed by atoms with Gasteiger partial charge in [0.1, 0.15) is 11.6 Å². The Kier molecular flexibility index (Phi) is 6.97. The van der Waals surface area contributed by atoms with E-state index in [1.165, 1.54) is 18.2 Å². The Bertz CT molecular complexity index is 3580. The molecule has 0 unspecified atom stereocenters. The van der Waals surface area contributed by atoms with Crippen LogP contribution in [0.15, 0.2) is 139 Å². The first-order valence-corrected chi connectivity index (χ1v) is 19.2. The van der Waals surface area contributed by atoms with Gasteiger partial charge in [0, 0.05) is 50.8 Å². The van der Waals surface area contributed by atoms with E-state index in [9.17, 15) is 6.48 Å². The number of nitrogens with zero attached hydrogens (tertiary/aromatic N) is 3. The first-order chi connectivity index (χ1) is 35.0. The number of hydrogen-bond acceptors (Lipinski definition) is 3. The van der Waals surface area contributed by atoms with Gasteiger partial charge in [-0.15, -0.1) is 29.3 Å². The maximum absolute atomic E-state index is 12.1. The second kappa shape index (κ2) is 16.1. The molecule has 6 aromatic carbocycles. The molecular formula is C55H54N3OPt-. The van der Waals surface area contributed by atoms with Gasteiger partial charge in [-0.3, -0.25) is 9.55 Å². The number of benzene rings is 6. The number of aromatic hydroxyl groups is 1. The number of pyridine rings is 1. The van der Waals surface area contributed by atoms with E-state index in [0.29, 0.717) is 50.1 Å². The van der Waals surface area contributed by atoms with E-state index >= 15 is 0 Å².